The zero-order chi connectivity index (χ0) is 18.6. The predicted molar refractivity (Wildman–Crippen MR) is 99.1 cm³/mol. The second kappa shape index (κ2) is 6.17. The molecule has 2 N–H and O–H groups in total. The van der Waals surface area contributed by atoms with Crippen LogP contribution in [0.1, 0.15) is 35.8 Å². The van der Waals surface area contributed by atoms with Gasteiger partial charge in [0.25, 0.3) is 0 Å². The summed E-state index contributed by atoms with van der Waals surface area (Å²) < 4.78 is 17.9. The van der Waals surface area contributed by atoms with Crippen LogP contribution in [0.15, 0.2) is 52.9 Å². The summed E-state index contributed by atoms with van der Waals surface area (Å²) in [4.78, 5) is 0. The highest BCUT2D eigenvalue weighted by Crippen LogP contribution is 2.46. The highest BCUT2D eigenvalue weighted by Gasteiger charge is 2.54. The van der Waals surface area contributed by atoms with Crippen LogP contribution in [0.4, 0.5) is 0 Å². The lowest BCUT2D eigenvalue weighted by Crippen LogP contribution is -2.55. The maximum Gasteiger partial charge on any atom is 0.225 e. The maximum absolute atomic E-state index is 10.6. The lowest BCUT2D eigenvalue weighted by molar-refractivity contribution is -0.342. The highest BCUT2D eigenvalue weighted by atomic mass is 16.7. The first kappa shape index (κ1) is 17.0. The summed E-state index contributed by atoms with van der Waals surface area (Å²) in [6.45, 7) is 2.24. The van der Waals surface area contributed by atoms with Crippen LogP contribution >= 0.6 is 0 Å². The number of ether oxygens (including phenoxy) is 2. The zero-order valence-corrected chi connectivity index (χ0v) is 15.1. The summed E-state index contributed by atoms with van der Waals surface area (Å²) in [5, 5.41) is 22.0. The van der Waals surface area contributed by atoms with Gasteiger partial charge in [-0.2, -0.15) is 0 Å². The van der Waals surface area contributed by atoms with Crippen LogP contribution in [-0.2, 0) is 28.3 Å². The summed E-state index contributed by atoms with van der Waals surface area (Å²) in [6.07, 6.45) is -1.17. The second-order valence-electron chi connectivity index (χ2n) is 7.55. The van der Waals surface area contributed by atoms with Crippen molar-refractivity contribution >= 4 is 11.0 Å². The van der Waals surface area contributed by atoms with Gasteiger partial charge in [0.15, 0.2) is 0 Å². The summed E-state index contributed by atoms with van der Waals surface area (Å²) in [7, 11) is 0. The third-order valence-electron chi connectivity index (χ3n) is 5.55. The number of rotatable bonds is 2. The van der Waals surface area contributed by atoms with Gasteiger partial charge in [0, 0.05) is 23.8 Å². The van der Waals surface area contributed by atoms with Crippen molar-refractivity contribution in [2.45, 2.75) is 50.5 Å². The smallest absolute Gasteiger partial charge is 0.225 e. The van der Waals surface area contributed by atoms with E-state index in [0.717, 1.165) is 33.4 Å². The number of aliphatic hydroxyl groups is 2. The highest BCUT2D eigenvalue weighted by molar-refractivity contribution is 5.77. The third kappa shape index (κ3) is 2.70. The Labute approximate surface area is 157 Å². The maximum atomic E-state index is 10.6. The molecule has 4 atom stereocenters. The Morgan fingerprint density at radius 3 is 2.81 bits per heavy atom. The molecule has 5 nitrogen and oxygen atoms in total. The van der Waals surface area contributed by atoms with E-state index in [1.54, 1.807) is 0 Å². The summed E-state index contributed by atoms with van der Waals surface area (Å²) in [5.41, 5.74) is 3.69. The Balaban J connectivity index is 1.50. The molecule has 0 aliphatic carbocycles. The largest absolute Gasteiger partial charge is 0.461 e. The molecule has 5 rings (SSSR count). The molecule has 1 aromatic heterocycles. The van der Waals surface area contributed by atoms with Gasteiger partial charge in [-0.15, -0.1) is 0 Å². The van der Waals surface area contributed by atoms with Crippen molar-refractivity contribution in [3.05, 3.63) is 71.0 Å². The van der Waals surface area contributed by atoms with Gasteiger partial charge in [-0.25, -0.2) is 0 Å². The molecule has 1 spiro atoms. The molecule has 5 heteroatoms. The van der Waals surface area contributed by atoms with Crippen molar-refractivity contribution in [2.75, 3.05) is 0 Å². The van der Waals surface area contributed by atoms with Crippen molar-refractivity contribution in [1.29, 1.82) is 0 Å². The van der Waals surface area contributed by atoms with E-state index in [-0.39, 0.29) is 6.10 Å². The average Bonchev–Trinajstić information content (AvgIpc) is 3.21. The first-order chi connectivity index (χ1) is 13.0. The summed E-state index contributed by atoms with van der Waals surface area (Å²) in [5.74, 6) is -0.418. The van der Waals surface area contributed by atoms with Gasteiger partial charge in [-0.3, -0.25) is 0 Å². The van der Waals surface area contributed by atoms with Crippen molar-refractivity contribution in [1.82, 2.24) is 0 Å². The lowest BCUT2D eigenvalue weighted by Gasteiger charge is -2.43. The Morgan fingerprint density at radius 2 is 1.96 bits per heavy atom. The van der Waals surface area contributed by atoms with Gasteiger partial charge in [-0.1, -0.05) is 30.3 Å². The molecule has 0 saturated carbocycles. The molecule has 2 aliphatic heterocycles. The van der Waals surface area contributed by atoms with Gasteiger partial charge in [0.1, 0.15) is 17.4 Å². The minimum absolute atomic E-state index is 0.201. The van der Waals surface area contributed by atoms with E-state index in [9.17, 15) is 10.2 Å². The van der Waals surface area contributed by atoms with Crippen molar-refractivity contribution in [3.63, 3.8) is 0 Å². The molecule has 140 valence electrons. The van der Waals surface area contributed by atoms with Crippen LogP contribution in [0.25, 0.3) is 11.0 Å². The van der Waals surface area contributed by atoms with Crippen LogP contribution in [0.5, 0.6) is 0 Å². The fraction of sp³-hybridized carbons (Fsp3) is 0.364. The SMILES string of the molecule is C[C@@H]1C[C@H](O)C(O)[C@@]2(OCc3ccc(Cc4cc5ccccc5o4)cc32)O1. The quantitative estimate of drug-likeness (QED) is 0.729. The number of hydrogen-bond acceptors (Lipinski definition) is 5. The topological polar surface area (TPSA) is 72.1 Å². The predicted octanol–water partition coefficient (Wildman–Crippen LogP) is 3.24. The van der Waals surface area contributed by atoms with Crippen LogP contribution in [0, 0.1) is 0 Å². The Kier molecular flexibility index (Phi) is 3.88. The number of fused-ring (bicyclic) bond motifs is 3. The van der Waals surface area contributed by atoms with Crippen molar-refractivity contribution in [3.8, 4) is 0 Å². The van der Waals surface area contributed by atoms with Gasteiger partial charge in [0.2, 0.25) is 5.79 Å². The normalized spacial score (nSPS) is 30.1. The number of para-hydroxylation sites is 1. The Hall–Kier alpha value is -2.18. The van der Waals surface area contributed by atoms with Gasteiger partial charge < -0.3 is 24.1 Å². The fourth-order valence-electron chi connectivity index (χ4n) is 4.25. The van der Waals surface area contributed by atoms with E-state index < -0.39 is 18.0 Å². The first-order valence-electron chi connectivity index (χ1n) is 9.33. The number of aliphatic hydroxyl groups excluding tert-OH is 2. The molecule has 1 saturated heterocycles. The molecule has 3 heterocycles. The molecule has 1 fully saturated rings. The molecule has 0 bridgehead atoms. The molecule has 27 heavy (non-hydrogen) atoms. The van der Waals surface area contributed by atoms with E-state index in [2.05, 4.69) is 0 Å². The molecule has 2 aromatic carbocycles. The molecular formula is C22H22O5. The Bertz CT molecular complexity index is 960. The zero-order valence-electron chi connectivity index (χ0n) is 15.1. The molecule has 0 radical (unpaired) electrons. The monoisotopic (exact) mass is 366 g/mol. The standard InChI is InChI=1S/C22H22O5/c1-13-8-19(23)21(24)22(27-13)18-10-14(6-7-16(18)12-25-22)9-17-11-15-4-2-3-5-20(15)26-17/h2-7,10-11,13,19,21,23-24H,8-9,12H2,1H3/t13-,19+,21?,22+/m1/s1. The van der Waals surface area contributed by atoms with E-state index >= 15 is 0 Å². The molecule has 1 unspecified atom stereocenters. The average molecular weight is 366 g/mol. The number of benzene rings is 2. The van der Waals surface area contributed by atoms with Crippen molar-refractivity contribution in [2.24, 2.45) is 0 Å². The lowest BCUT2D eigenvalue weighted by atomic mass is 9.88. The fourth-order valence-corrected chi connectivity index (χ4v) is 4.25. The number of hydrogen-bond donors (Lipinski definition) is 2. The Morgan fingerprint density at radius 1 is 1.11 bits per heavy atom. The van der Waals surface area contributed by atoms with E-state index in [1.165, 1.54) is 0 Å². The van der Waals surface area contributed by atoms with Gasteiger partial charge in [0.05, 0.1) is 18.8 Å². The minimum Gasteiger partial charge on any atom is -0.461 e. The van der Waals surface area contributed by atoms with Crippen LogP contribution in [0.2, 0.25) is 0 Å². The van der Waals surface area contributed by atoms with Crippen LogP contribution in [-0.4, -0.2) is 28.5 Å². The summed E-state index contributed by atoms with van der Waals surface area (Å²) in [6, 6.07) is 16.0. The van der Waals surface area contributed by atoms with E-state index in [4.69, 9.17) is 13.9 Å². The van der Waals surface area contributed by atoms with E-state index in [1.807, 2.05) is 55.5 Å². The van der Waals surface area contributed by atoms with Gasteiger partial charge in [-0.05, 0) is 36.2 Å². The molecule has 3 aromatic rings. The van der Waals surface area contributed by atoms with Gasteiger partial charge >= 0.3 is 0 Å². The molecular weight excluding hydrogens is 344 g/mol. The number of furan rings is 1. The van der Waals surface area contributed by atoms with Crippen LogP contribution < -0.4 is 0 Å². The molecule has 0 amide bonds. The van der Waals surface area contributed by atoms with E-state index in [0.29, 0.717) is 19.4 Å². The molecule has 2 aliphatic rings. The van der Waals surface area contributed by atoms with Crippen molar-refractivity contribution < 1.29 is 24.1 Å². The minimum atomic E-state index is -1.30. The van der Waals surface area contributed by atoms with Crippen LogP contribution in [0.3, 0.4) is 0 Å². The third-order valence-corrected chi connectivity index (χ3v) is 5.55. The summed E-state index contributed by atoms with van der Waals surface area (Å²) >= 11 is 0. The second-order valence-corrected chi connectivity index (χ2v) is 7.55. The first-order valence-corrected chi connectivity index (χ1v) is 9.33.